The van der Waals surface area contributed by atoms with Crippen molar-refractivity contribution in [3.63, 3.8) is 0 Å². The second-order valence-corrected chi connectivity index (χ2v) is 4.08. The van der Waals surface area contributed by atoms with Gasteiger partial charge in [-0.2, -0.15) is 0 Å². The number of ether oxygens (including phenoxy) is 2. The first-order valence-electron chi connectivity index (χ1n) is 5.66. The minimum absolute atomic E-state index is 0.156. The van der Waals surface area contributed by atoms with Crippen LogP contribution in [0.5, 0.6) is 0 Å². The zero-order valence-corrected chi connectivity index (χ0v) is 10.2. The van der Waals surface area contributed by atoms with Gasteiger partial charge in [0.05, 0.1) is 45.7 Å². The van der Waals surface area contributed by atoms with E-state index in [9.17, 15) is 0 Å². The van der Waals surface area contributed by atoms with Crippen LogP contribution in [0.4, 0.5) is 0 Å². The van der Waals surface area contributed by atoms with Gasteiger partial charge in [0, 0.05) is 5.41 Å². The van der Waals surface area contributed by atoms with Crippen molar-refractivity contribution < 1.29 is 24.8 Å². The van der Waals surface area contributed by atoms with Gasteiger partial charge in [-0.15, -0.1) is 0 Å². The highest BCUT2D eigenvalue weighted by atomic mass is 16.6. The van der Waals surface area contributed by atoms with Gasteiger partial charge in [0.15, 0.2) is 0 Å². The van der Waals surface area contributed by atoms with Crippen LogP contribution < -0.4 is 0 Å². The minimum atomic E-state index is -0.667. The lowest BCUT2D eigenvalue weighted by atomic mass is 9.88. The van der Waals surface area contributed by atoms with Gasteiger partial charge in [-0.1, -0.05) is 6.92 Å². The number of hydrogen-bond donors (Lipinski definition) is 3. The maximum atomic E-state index is 8.66. The first-order valence-corrected chi connectivity index (χ1v) is 5.66. The number of epoxide rings is 2. The predicted octanol–water partition coefficient (Wildman–Crippen LogP) is -0.219. The fourth-order valence-electron chi connectivity index (χ4n) is 0.582. The van der Waals surface area contributed by atoms with Gasteiger partial charge in [-0.05, 0) is 13.3 Å². The van der Waals surface area contributed by atoms with Crippen molar-refractivity contribution in [2.24, 2.45) is 5.41 Å². The maximum Gasteiger partial charge on any atom is 0.0781 e. The predicted molar refractivity (Wildman–Crippen MR) is 60.2 cm³/mol. The van der Waals surface area contributed by atoms with E-state index in [0.717, 1.165) is 19.8 Å². The molecule has 2 rings (SSSR count). The molecule has 2 saturated heterocycles. The second-order valence-electron chi connectivity index (χ2n) is 4.08. The van der Waals surface area contributed by atoms with E-state index >= 15 is 0 Å². The van der Waals surface area contributed by atoms with Crippen molar-refractivity contribution in [2.45, 2.75) is 26.4 Å². The Morgan fingerprint density at radius 1 is 1.12 bits per heavy atom. The molecular formula is C11H24O5. The standard InChI is InChI=1S/C6H14O3.C3H6O.C2H4O/c1-2-6(3-7,4-8)5-9;1-3-2-4-3;1-2-3-1/h7-9H,2-5H2,1H3;3H,2H2,1H3;1-2H2. The van der Waals surface area contributed by atoms with Crippen molar-refractivity contribution in [3.05, 3.63) is 0 Å². The zero-order valence-electron chi connectivity index (χ0n) is 10.2. The van der Waals surface area contributed by atoms with E-state index in [1.807, 2.05) is 6.92 Å². The molecule has 2 aliphatic rings. The molecule has 98 valence electrons. The Kier molecular flexibility index (Phi) is 8.78. The molecule has 0 spiro atoms. The molecule has 0 radical (unpaired) electrons. The van der Waals surface area contributed by atoms with Crippen LogP contribution in [0, 0.1) is 5.41 Å². The average Bonchev–Trinajstić information content (AvgIpc) is 3.18. The molecule has 0 aromatic rings. The SMILES string of the molecule is C1CO1.CC1CO1.CCC(CO)(CO)CO. The molecule has 5 nitrogen and oxygen atoms in total. The van der Waals surface area contributed by atoms with Gasteiger partial charge in [0.1, 0.15) is 0 Å². The van der Waals surface area contributed by atoms with Crippen LogP contribution in [0.25, 0.3) is 0 Å². The summed E-state index contributed by atoms with van der Waals surface area (Å²) in [6.07, 6.45) is 1.18. The first kappa shape index (κ1) is 15.8. The lowest BCUT2D eigenvalue weighted by Crippen LogP contribution is -2.32. The van der Waals surface area contributed by atoms with Crippen LogP contribution in [0.2, 0.25) is 0 Å². The van der Waals surface area contributed by atoms with Gasteiger partial charge < -0.3 is 24.8 Å². The van der Waals surface area contributed by atoms with Crippen LogP contribution in [-0.2, 0) is 9.47 Å². The quantitative estimate of drug-likeness (QED) is 0.588. The molecule has 2 heterocycles. The fraction of sp³-hybridized carbons (Fsp3) is 1.00. The van der Waals surface area contributed by atoms with E-state index in [0.29, 0.717) is 12.5 Å². The van der Waals surface area contributed by atoms with E-state index < -0.39 is 5.41 Å². The van der Waals surface area contributed by atoms with Gasteiger partial charge >= 0.3 is 0 Å². The van der Waals surface area contributed by atoms with Crippen LogP contribution in [0.3, 0.4) is 0 Å². The van der Waals surface area contributed by atoms with Crippen molar-refractivity contribution >= 4 is 0 Å². The summed E-state index contributed by atoms with van der Waals surface area (Å²) in [7, 11) is 0. The third-order valence-corrected chi connectivity index (χ3v) is 2.46. The summed E-state index contributed by atoms with van der Waals surface area (Å²) in [5, 5.41) is 26.0. The Morgan fingerprint density at radius 3 is 1.44 bits per heavy atom. The topological polar surface area (TPSA) is 85.8 Å². The van der Waals surface area contributed by atoms with Crippen LogP contribution >= 0.6 is 0 Å². The van der Waals surface area contributed by atoms with E-state index in [1.54, 1.807) is 0 Å². The molecule has 2 fully saturated rings. The molecule has 0 bridgehead atoms. The highest BCUT2D eigenvalue weighted by Crippen LogP contribution is 2.18. The summed E-state index contributed by atoms with van der Waals surface area (Å²) in [4.78, 5) is 0. The number of aliphatic hydroxyl groups excluding tert-OH is 3. The van der Waals surface area contributed by atoms with Crippen LogP contribution in [-0.4, -0.2) is 61.1 Å². The van der Waals surface area contributed by atoms with Crippen molar-refractivity contribution in [1.82, 2.24) is 0 Å². The molecule has 1 unspecified atom stereocenters. The fourth-order valence-corrected chi connectivity index (χ4v) is 0.582. The smallest absolute Gasteiger partial charge is 0.0781 e. The van der Waals surface area contributed by atoms with Crippen molar-refractivity contribution in [3.8, 4) is 0 Å². The van der Waals surface area contributed by atoms with Crippen molar-refractivity contribution in [1.29, 1.82) is 0 Å². The van der Waals surface area contributed by atoms with E-state index in [-0.39, 0.29) is 19.8 Å². The number of rotatable bonds is 4. The summed E-state index contributed by atoms with van der Waals surface area (Å²) in [5.74, 6) is 0. The average molecular weight is 236 g/mol. The molecule has 5 heteroatoms. The van der Waals surface area contributed by atoms with E-state index in [2.05, 4.69) is 11.7 Å². The highest BCUT2D eigenvalue weighted by Gasteiger charge is 2.24. The molecule has 0 amide bonds. The summed E-state index contributed by atoms with van der Waals surface area (Å²) in [6, 6.07) is 0. The lowest BCUT2D eigenvalue weighted by molar-refractivity contribution is 0.00304. The van der Waals surface area contributed by atoms with E-state index in [1.165, 1.54) is 0 Å². The van der Waals surface area contributed by atoms with E-state index in [4.69, 9.17) is 20.1 Å². The Bertz CT molecular complexity index is 132. The molecule has 16 heavy (non-hydrogen) atoms. The van der Waals surface area contributed by atoms with Gasteiger partial charge in [-0.25, -0.2) is 0 Å². The summed E-state index contributed by atoms with van der Waals surface area (Å²) < 4.78 is 9.21. The first-order chi connectivity index (χ1) is 7.64. The number of aliphatic hydroxyl groups is 3. The van der Waals surface area contributed by atoms with Gasteiger partial charge in [0.25, 0.3) is 0 Å². The zero-order chi connectivity index (χ0) is 12.4. The Balaban J connectivity index is 0.000000256. The molecule has 0 aliphatic carbocycles. The molecular weight excluding hydrogens is 212 g/mol. The molecule has 0 aromatic carbocycles. The molecule has 3 N–H and O–H groups in total. The monoisotopic (exact) mass is 236 g/mol. The molecule has 0 aromatic heterocycles. The third kappa shape index (κ3) is 9.06. The molecule has 2 aliphatic heterocycles. The Labute approximate surface area is 97.0 Å². The maximum absolute atomic E-state index is 8.66. The summed E-state index contributed by atoms with van der Waals surface area (Å²) >= 11 is 0. The molecule has 1 atom stereocenters. The highest BCUT2D eigenvalue weighted by molar-refractivity contribution is 4.74. The van der Waals surface area contributed by atoms with Gasteiger partial charge in [0.2, 0.25) is 0 Å². The number of hydrogen-bond acceptors (Lipinski definition) is 5. The van der Waals surface area contributed by atoms with Crippen molar-refractivity contribution in [2.75, 3.05) is 39.6 Å². The Morgan fingerprint density at radius 2 is 1.44 bits per heavy atom. The minimum Gasteiger partial charge on any atom is -0.396 e. The molecule has 0 saturated carbocycles. The lowest BCUT2D eigenvalue weighted by Gasteiger charge is -2.24. The second kappa shape index (κ2) is 8.90. The van der Waals surface area contributed by atoms with Crippen LogP contribution in [0.1, 0.15) is 20.3 Å². The Hall–Kier alpha value is -0.200. The summed E-state index contributed by atoms with van der Waals surface area (Å²) in [6.45, 7) is 6.40. The summed E-state index contributed by atoms with van der Waals surface area (Å²) in [5.41, 5.74) is -0.667. The largest absolute Gasteiger partial charge is 0.396 e. The third-order valence-electron chi connectivity index (χ3n) is 2.46. The van der Waals surface area contributed by atoms with Crippen LogP contribution in [0.15, 0.2) is 0 Å². The van der Waals surface area contributed by atoms with Gasteiger partial charge in [-0.3, -0.25) is 0 Å². The normalized spacial score (nSPS) is 21.2.